The third-order valence-electron chi connectivity index (χ3n) is 3.52. The molecule has 4 nitrogen and oxygen atoms in total. The second-order valence-corrected chi connectivity index (χ2v) is 8.13. The molecule has 1 N–H and O–H groups in total. The number of nitrogens with one attached hydrogen (secondary N) is 1. The Kier molecular flexibility index (Phi) is 3.88. The molecular formula is C16H16N2O2S2. The minimum absolute atomic E-state index is 0.0707. The Morgan fingerprint density at radius 3 is 2.55 bits per heavy atom. The minimum atomic E-state index is -3.15. The molecule has 0 aliphatic heterocycles. The van der Waals surface area contributed by atoms with Gasteiger partial charge in [0, 0.05) is 18.5 Å². The molecule has 0 aliphatic rings. The van der Waals surface area contributed by atoms with Gasteiger partial charge in [0.25, 0.3) is 0 Å². The summed E-state index contributed by atoms with van der Waals surface area (Å²) in [5, 5.41) is 5.49. The first kappa shape index (κ1) is 15.0. The lowest BCUT2D eigenvalue weighted by Gasteiger charge is -2.16. The summed E-state index contributed by atoms with van der Waals surface area (Å²) in [7, 11) is -3.15. The van der Waals surface area contributed by atoms with Crippen LogP contribution >= 0.6 is 11.3 Å². The van der Waals surface area contributed by atoms with Crippen molar-refractivity contribution in [3.8, 4) is 0 Å². The van der Waals surface area contributed by atoms with Crippen molar-refractivity contribution in [2.24, 2.45) is 0 Å². The van der Waals surface area contributed by atoms with Crippen molar-refractivity contribution < 1.29 is 8.42 Å². The van der Waals surface area contributed by atoms with Crippen LogP contribution in [0.3, 0.4) is 0 Å². The van der Waals surface area contributed by atoms with Gasteiger partial charge in [0.2, 0.25) is 0 Å². The fraction of sp³-hybridized carbons (Fsp3) is 0.188. The largest absolute Gasteiger partial charge is 0.377 e. The highest BCUT2D eigenvalue weighted by atomic mass is 32.2. The van der Waals surface area contributed by atoms with Gasteiger partial charge in [-0.2, -0.15) is 0 Å². The van der Waals surface area contributed by atoms with E-state index < -0.39 is 9.84 Å². The van der Waals surface area contributed by atoms with Gasteiger partial charge in [-0.25, -0.2) is 8.42 Å². The molecular weight excluding hydrogens is 316 g/mol. The Hall–Kier alpha value is -1.92. The smallest absolute Gasteiger partial charge is 0.175 e. The second kappa shape index (κ2) is 5.70. The minimum Gasteiger partial charge on any atom is -0.377 e. The van der Waals surface area contributed by atoms with E-state index in [1.165, 1.54) is 6.26 Å². The quantitative estimate of drug-likeness (QED) is 0.788. The van der Waals surface area contributed by atoms with Crippen LogP contribution in [0.2, 0.25) is 0 Å². The van der Waals surface area contributed by atoms with Crippen LogP contribution in [-0.4, -0.2) is 19.7 Å². The Morgan fingerprint density at radius 2 is 1.86 bits per heavy atom. The molecule has 1 atom stereocenters. The zero-order chi connectivity index (χ0) is 15.7. The molecule has 6 heteroatoms. The monoisotopic (exact) mass is 332 g/mol. The van der Waals surface area contributed by atoms with Gasteiger partial charge in [-0.15, -0.1) is 11.3 Å². The van der Waals surface area contributed by atoms with Gasteiger partial charge in [0.05, 0.1) is 20.8 Å². The average molecular weight is 332 g/mol. The number of benzene rings is 1. The van der Waals surface area contributed by atoms with Gasteiger partial charge in [0.1, 0.15) is 0 Å². The second-order valence-electron chi connectivity index (χ2n) is 5.20. The molecule has 0 radical (unpaired) electrons. The molecule has 0 unspecified atom stereocenters. The van der Waals surface area contributed by atoms with Crippen LogP contribution in [0.1, 0.15) is 18.5 Å². The Balaban J connectivity index is 1.85. The van der Waals surface area contributed by atoms with Crippen molar-refractivity contribution in [3.63, 3.8) is 0 Å². The first-order chi connectivity index (χ1) is 10.4. The fourth-order valence-corrected chi connectivity index (χ4v) is 3.77. The molecule has 3 aromatic rings. The number of thiophene rings is 1. The van der Waals surface area contributed by atoms with Crippen molar-refractivity contribution in [1.82, 2.24) is 4.98 Å². The summed E-state index contributed by atoms with van der Waals surface area (Å²) < 4.78 is 24.1. The van der Waals surface area contributed by atoms with Crippen LogP contribution < -0.4 is 5.32 Å². The van der Waals surface area contributed by atoms with E-state index in [0.29, 0.717) is 4.90 Å². The highest BCUT2D eigenvalue weighted by Gasteiger charge is 2.11. The SMILES string of the molecule is C[C@@H](Nc1ccnc2ccsc12)c1ccc(S(C)(=O)=O)cc1. The maximum absolute atomic E-state index is 11.5. The molecule has 2 aromatic heterocycles. The van der Waals surface area contributed by atoms with E-state index in [-0.39, 0.29) is 6.04 Å². The molecule has 0 saturated heterocycles. The Morgan fingerprint density at radius 1 is 1.14 bits per heavy atom. The zero-order valence-corrected chi connectivity index (χ0v) is 13.9. The first-order valence-corrected chi connectivity index (χ1v) is 9.61. The Bertz CT molecular complexity index is 899. The topological polar surface area (TPSA) is 59.1 Å². The van der Waals surface area contributed by atoms with Gasteiger partial charge in [0.15, 0.2) is 9.84 Å². The van der Waals surface area contributed by atoms with E-state index in [9.17, 15) is 8.42 Å². The number of nitrogens with zero attached hydrogens (tertiary/aromatic N) is 1. The lowest BCUT2D eigenvalue weighted by Crippen LogP contribution is -2.07. The third-order valence-corrected chi connectivity index (χ3v) is 5.59. The maximum Gasteiger partial charge on any atom is 0.175 e. The molecule has 0 saturated carbocycles. The lowest BCUT2D eigenvalue weighted by atomic mass is 10.1. The van der Waals surface area contributed by atoms with E-state index in [1.54, 1.807) is 29.7 Å². The Labute approximate surface area is 133 Å². The zero-order valence-electron chi connectivity index (χ0n) is 12.3. The predicted octanol–water partition coefficient (Wildman–Crippen LogP) is 3.87. The van der Waals surface area contributed by atoms with Crippen molar-refractivity contribution in [1.29, 1.82) is 0 Å². The molecule has 22 heavy (non-hydrogen) atoms. The molecule has 3 rings (SSSR count). The van der Waals surface area contributed by atoms with E-state index in [4.69, 9.17) is 0 Å². The van der Waals surface area contributed by atoms with Crippen LogP contribution in [0.5, 0.6) is 0 Å². The van der Waals surface area contributed by atoms with E-state index in [2.05, 4.69) is 17.2 Å². The molecule has 2 heterocycles. The van der Waals surface area contributed by atoms with Crippen LogP contribution in [0.4, 0.5) is 5.69 Å². The first-order valence-electron chi connectivity index (χ1n) is 6.84. The number of hydrogen-bond acceptors (Lipinski definition) is 5. The fourth-order valence-electron chi connectivity index (χ4n) is 2.31. The highest BCUT2D eigenvalue weighted by molar-refractivity contribution is 7.90. The van der Waals surface area contributed by atoms with Crippen molar-refractivity contribution >= 4 is 37.1 Å². The number of rotatable bonds is 4. The summed E-state index contributed by atoms with van der Waals surface area (Å²) in [5.41, 5.74) is 3.06. The number of pyridine rings is 1. The summed E-state index contributed by atoms with van der Waals surface area (Å²) in [6.45, 7) is 2.05. The number of aromatic nitrogens is 1. The highest BCUT2D eigenvalue weighted by Crippen LogP contribution is 2.30. The molecule has 0 amide bonds. The number of sulfone groups is 1. The number of hydrogen-bond donors (Lipinski definition) is 1. The lowest BCUT2D eigenvalue weighted by molar-refractivity contribution is 0.602. The molecule has 0 bridgehead atoms. The van der Waals surface area contributed by atoms with Crippen molar-refractivity contribution in [2.75, 3.05) is 11.6 Å². The van der Waals surface area contributed by atoms with Crippen LogP contribution in [0.25, 0.3) is 10.2 Å². The summed E-state index contributed by atoms with van der Waals surface area (Å²) in [6.07, 6.45) is 3.01. The van der Waals surface area contributed by atoms with Gasteiger partial charge < -0.3 is 5.32 Å². The van der Waals surface area contributed by atoms with Crippen LogP contribution in [0.15, 0.2) is 52.9 Å². The maximum atomic E-state index is 11.5. The summed E-state index contributed by atoms with van der Waals surface area (Å²) in [6, 6.07) is 11.0. The summed E-state index contributed by atoms with van der Waals surface area (Å²) in [5.74, 6) is 0. The van der Waals surface area contributed by atoms with Crippen LogP contribution in [0, 0.1) is 0 Å². The standard InChI is InChI=1S/C16H16N2O2S2/c1-11(12-3-5-13(6-4-12)22(2,19)20)18-15-7-9-17-14-8-10-21-16(14)15/h3-11H,1-2H3,(H,17,18)/t11-/m1/s1. The van der Waals surface area contributed by atoms with Crippen molar-refractivity contribution in [2.45, 2.75) is 17.9 Å². The van der Waals surface area contributed by atoms with E-state index in [0.717, 1.165) is 21.5 Å². The summed E-state index contributed by atoms with van der Waals surface area (Å²) >= 11 is 1.65. The van der Waals surface area contributed by atoms with E-state index >= 15 is 0 Å². The van der Waals surface area contributed by atoms with Crippen molar-refractivity contribution in [3.05, 3.63) is 53.5 Å². The summed E-state index contributed by atoms with van der Waals surface area (Å²) in [4.78, 5) is 4.66. The van der Waals surface area contributed by atoms with Crippen LogP contribution in [-0.2, 0) is 9.84 Å². The normalized spacial score (nSPS) is 13.2. The van der Waals surface area contributed by atoms with E-state index in [1.807, 2.05) is 29.6 Å². The number of anilines is 1. The molecule has 0 aliphatic carbocycles. The molecule has 1 aromatic carbocycles. The average Bonchev–Trinajstić information content (AvgIpc) is 2.96. The molecule has 114 valence electrons. The third kappa shape index (κ3) is 2.98. The van der Waals surface area contributed by atoms with Gasteiger partial charge in [-0.05, 0) is 42.1 Å². The molecule has 0 spiro atoms. The molecule has 0 fully saturated rings. The van der Waals surface area contributed by atoms with Gasteiger partial charge in [-0.3, -0.25) is 4.98 Å². The van der Waals surface area contributed by atoms with Gasteiger partial charge in [-0.1, -0.05) is 12.1 Å². The predicted molar refractivity (Wildman–Crippen MR) is 91.2 cm³/mol. The van der Waals surface area contributed by atoms with Gasteiger partial charge >= 0.3 is 0 Å². The number of fused-ring (bicyclic) bond motifs is 1.